The average Bonchev–Trinajstić information content (AvgIpc) is 1.98. The number of hydroxylamine groups is 2. The minimum Gasteiger partial charge on any atom is -0.302 e. The molecule has 0 spiro atoms. The van der Waals surface area contributed by atoms with Gasteiger partial charge in [0, 0.05) is 16.1 Å². The molecule has 3 unspecified atom stereocenters. The Morgan fingerprint density at radius 1 is 1.60 bits per heavy atom. The number of piperidine rings is 1. The molecule has 0 bridgehead atoms. The first kappa shape index (κ1) is 4.73. The molecule has 0 saturated carbocycles. The lowest BCUT2D eigenvalue weighted by Gasteiger charge is -2.36. The minimum absolute atomic E-state index is 0.508. The summed E-state index contributed by atoms with van der Waals surface area (Å²) >= 11 is 0. The van der Waals surface area contributed by atoms with Crippen LogP contribution in [0.15, 0.2) is 0 Å². The Balaban J connectivity index is 2.91. The molecule has 2 heteroatoms. The molecule has 0 radical (unpaired) electrons. The topological polar surface area (TPSA) is 12.5 Å². The Labute approximate surface area is 67.3 Å². The van der Waals surface area contributed by atoms with Gasteiger partial charge in [-0.25, -0.2) is 0 Å². The minimum atomic E-state index is -1.12. The molecule has 3 atom stereocenters. The molecule has 0 aliphatic carbocycles. The largest absolute Gasteiger partial charge is 0.302 e. The fourth-order valence-corrected chi connectivity index (χ4v) is 1.28. The van der Waals surface area contributed by atoms with E-state index < -0.39 is 18.4 Å². The molecule has 60 valence electrons. The summed E-state index contributed by atoms with van der Waals surface area (Å²) in [6.07, 6.45) is 0.648. The summed E-state index contributed by atoms with van der Waals surface area (Å²) < 4.78 is 23.6. The van der Waals surface area contributed by atoms with Crippen molar-refractivity contribution in [2.75, 3.05) is 7.11 Å². The maximum Gasteiger partial charge on any atom is 0.0575 e. The first-order valence-corrected chi connectivity index (χ1v) is 3.59. The highest BCUT2D eigenvalue weighted by Crippen LogP contribution is 2.21. The number of hydrogen-bond acceptors (Lipinski definition) is 2. The summed E-state index contributed by atoms with van der Waals surface area (Å²) in [7, 11) is 1.46. The molecule has 1 fully saturated rings. The second-order valence-electron chi connectivity index (χ2n) is 2.60. The van der Waals surface area contributed by atoms with E-state index in [9.17, 15) is 0 Å². The van der Waals surface area contributed by atoms with Crippen molar-refractivity contribution in [2.24, 2.45) is 0 Å². The molecule has 0 aromatic rings. The predicted octanol–water partition coefficient (Wildman–Crippen LogP) is 1.81. The van der Waals surface area contributed by atoms with E-state index in [1.54, 1.807) is 13.8 Å². The molecule has 2 nitrogen and oxygen atoms in total. The van der Waals surface area contributed by atoms with Crippen molar-refractivity contribution in [3.8, 4) is 0 Å². The lowest BCUT2D eigenvalue weighted by Crippen LogP contribution is -2.42. The van der Waals surface area contributed by atoms with E-state index in [1.807, 2.05) is 0 Å². The molecule has 1 aliphatic heterocycles. The Bertz CT molecular complexity index is 196. The van der Waals surface area contributed by atoms with Gasteiger partial charge < -0.3 is 4.84 Å². The molecular formula is C8H17NO. The zero-order valence-corrected chi connectivity index (χ0v) is 6.85. The fourth-order valence-electron chi connectivity index (χ4n) is 1.28. The number of hydrogen-bond donors (Lipinski definition) is 0. The van der Waals surface area contributed by atoms with Crippen LogP contribution in [-0.4, -0.2) is 24.2 Å². The summed E-state index contributed by atoms with van der Waals surface area (Å²) in [5.74, 6) is 0. The maximum atomic E-state index is 7.94. The third-order valence-corrected chi connectivity index (χ3v) is 1.80. The van der Waals surface area contributed by atoms with Crippen LogP contribution in [0.2, 0.25) is 0 Å². The molecule has 0 N–H and O–H groups in total. The highest BCUT2D eigenvalue weighted by atomic mass is 16.7. The van der Waals surface area contributed by atoms with E-state index in [0.29, 0.717) is 12.8 Å². The molecule has 1 rings (SSSR count). The van der Waals surface area contributed by atoms with Gasteiger partial charge in [-0.2, -0.15) is 5.06 Å². The van der Waals surface area contributed by atoms with Gasteiger partial charge in [0.05, 0.1) is 7.11 Å². The van der Waals surface area contributed by atoms with Gasteiger partial charge in [-0.3, -0.25) is 0 Å². The van der Waals surface area contributed by atoms with Crippen LogP contribution in [0.1, 0.15) is 37.2 Å². The Morgan fingerprint density at radius 2 is 2.30 bits per heavy atom. The van der Waals surface area contributed by atoms with Crippen molar-refractivity contribution in [3.05, 3.63) is 0 Å². The first-order chi connectivity index (χ1) is 5.82. The molecule has 0 amide bonds. The third kappa shape index (κ3) is 1.50. The summed E-state index contributed by atoms with van der Waals surface area (Å²) in [6.45, 7) is 3.34. The molecule has 0 aromatic heterocycles. The molecule has 10 heavy (non-hydrogen) atoms. The molecule has 1 saturated heterocycles. The lowest BCUT2D eigenvalue weighted by atomic mass is 10.0. The summed E-state index contributed by atoms with van der Waals surface area (Å²) in [5.41, 5.74) is 0. The summed E-state index contributed by atoms with van der Waals surface area (Å²) in [6, 6.07) is -2.01. The fraction of sp³-hybridized carbons (Fsp3) is 1.00. The van der Waals surface area contributed by atoms with Gasteiger partial charge in [0.1, 0.15) is 0 Å². The van der Waals surface area contributed by atoms with Crippen LogP contribution in [0.4, 0.5) is 0 Å². The summed E-state index contributed by atoms with van der Waals surface area (Å²) in [4.78, 5) is 5.03. The van der Waals surface area contributed by atoms with Gasteiger partial charge in [0.2, 0.25) is 0 Å². The van der Waals surface area contributed by atoms with Gasteiger partial charge in [0.15, 0.2) is 0 Å². The monoisotopic (exact) mass is 149 g/mol. The second-order valence-corrected chi connectivity index (χ2v) is 2.60. The Hall–Kier alpha value is -0.0800. The van der Waals surface area contributed by atoms with E-state index in [-0.39, 0.29) is 0 Å². The standard InChI is InChI=1S/C8H17NO/c1-7-5-4-6-8(2)9(7)10-3/h7-8H,4-6H2,1-3H3/i5T,7T,8T. The predicted molar refractivity (Wildman–Crippen MR) is 41.6 cm³/mol. The van der Waals surface area contributed by atoms with Crippen molar-refractivity contribution < 1.29 is 8.95 Å². The average molecular weight is 149 g/mol. The van der Waals surface area contributed by atoms with Crippen molar-refractivity contribution in [3.63, 3.8) is 0 Å². The normalized spacial score (nSPS) is 62.7. The second kappa shape index (κ2) is 3.35. The SMILES string of the molecule is [3H]C1CCC([3H])(C)N(OC)C1([3H])C. The highest BCUT2D eigenvalue weighted by molar-refractivity contribution is 4.73. The molecule has 1 aliphatic rings. The number of rotatable bonds is 1. The number of nitrogens with zero attached hydrogens (tertiary/aromatic N) is 1. The molecule has 0 aromatic carbocycles. The van der Waals surface area contributed by atoms with Gasteiger partial charge in [-0.05, 0) is 26.7 Å². The zero-order valence-electron chi connectivity index (χ0n) is 9.85. The maximum absolute atomic E-state index is 7.94. The Kier molecular flexibility index (Phi) is 1.58. The van der Waals surface area contributed by atoms with E-state index in [2.05, 4.69) is 0 Å². The quantitative estimate of drug-likeness (QED) is 0.564. The smallest absolute Gasteiger partial charge is 0.0575 e. The van der Waals surface area contributed by atoms with E-state index in [4.69, 9.17) is 8.95 Å². The van der Waals surface area contributed by atoms with Crippen LogP contribution in [0.3, 0.4) is 0 Å². The van der Waals surface area contributed by atoms with Crippen LogP contribution in [0, 0.1) is 0 Å². The first-order valence-electron chi connectivity index (χ1n) is 5.17. The Morgan fingerprint density at radius 3 is 2.80 bits per heavy atom. The van der Waals surface area contributed by atoms with Crippen LogP contribution in [-0.2, 0) is 4.84 Å². The van der Waals surface area contributed by atoms with E-state index in [0.717, 1.165) is 0 Å². The van der Waals surface area contributed by atoms with Crippen LogP contribution >= 0.6 is 0 Å². The van der Waals surface area contributed by atoms with Crippen molar-refractivity contribution in [2.45, 2.75) is 45.1 Å². The lowest BCUT2D eigenvalue weighted by molar-refractivity contribution is -0.196. The molecular weight excluding hydrogens is 126 g/mol. The van der Waals surface area contributed by atoms with Gasteiger partial charge in [0.25, 0.3) is 0 Å². The van der Waals surface area contributed by atoms with Crippen molar-refractivity contribution in [1.29, 1.82) is 0 Å². The molecule has 1 heterocycles. The van der Waals surface area contributed by atoms with E-state index >= 15 is 0 Å². The highest BCUT2D eigenvalue weighted by Gasteiger charge is 2.23. The van der Waals surface area contributed by atoms with Crippen molar-refractivity contribution >= 4 is 0 Å². The van der Waals surface area contributed by atoms with Gasteiger partial charge in [-0.1, -0.05) is 6.42 Å². The van der Waals surface area contributed by atoms with E-state index in [1.165, 1.54) is 12.2 Å². The van der Waals surface area contributed by atoms with Crippen molar-refractivity contribution in [1.82, 2.24) is 5.06 Å². The van der Waals surface area contributed by atoms with Gasteiger partial charge in [-0.15, -0.1) is 0 Å². The van der Waals surface area contributed by atoms with Crippen LogP contribution in [0.25, 0.3) is 0 Å². The van der Waals surface area contributed by atoms with Crippen LogP contribution < -0.4 is 0 Å². The zero-order chi connectivity index (χ0) is 10.3. The van der Waals surface area contributed by atoms with Crippen LogP contribution in [0.5, 0.6) is 0 Å². The third-order valence-electron chi connectivity index (χ3n) is 1.80. The summed E-state index contributed by atoms with van der Waals surface area (Å²) in [5, 5.41) is 1.31. The van der Waals surface area contributed by atoms with Gasteiger partial charge >= 0.3 is 0 Å².